The van der Waals surface area contributed by atoms with Gasteiger partial charge in [0.05, 0.1) is 0 Å². The van der Waals surface area contributed by atoms with Crippen LogP contribution in [0.1, 0.15) is 0 Å². The molecule has 2 atom stereocenters. The summed E-state index contributed by atoms with van der Waals surface area (Å²) in [5.41, 5.74) is 0. The summed E-state index contributed by atoms with van der Waals surface area (Å²) in [4.78, 5) is 58.7. The fourth-order valence-electron chi connectivity index (χ4n) is 0.574. The van der Waals surface area contributed by atoms with Crippen LogP contribution in [0.4, 0.5) is 0 Å². The molecule has 0 spiro atoms. The minimum absolute atomic E-state index is 0. The molecule has 0 fully saturated rings. The molecule has 0 saturated carbocycles. The van der Waals surface area contributed by atoms with Gasteiger partial charge in [0.25, 0.3) is 0 Å². The molecule has 16 nitrogen and oxygen atoms in total. The maximum absolute atomic E-state index is 11.0. The molecule has 2 unspecified atom stereocenters. The zero-order valence-corrected chi connectivity index (χ0v) is 13.5. The van der Waals surface area contributed by atoms with Crippen molar-refractivity contribution < 1.29 is 74.3 Å². The number of phosphoric acid groups is 5. The second-order valence-corrected chi connectivity index (χ2v) is 10.1. The summed E-state index contributed by atoms with van der Waals surface area (Å²) in [7, 11) is -29.3. The topological polar surface area (TPSA) is 264 Å². The number of hydrogen-bond donors (Lipinski definition) is 7. The van der Waals surface area contributed by atoms with Crippen LogP contribution in [-0.4, -0.2) is 123 Å². The molecular weight excluding hydrogens is 480 g/mol. The van der Waals surface area contributed by atoms with E-state index in [9.17, 15) is 22.8 Å². The van der Waals surface area contributed by atoms with Crippen LogP contribution in [0.25, 0.3) is 0 Å². The zero-order valence-electron chi connectivity index (χ0n) is 9.04. The van der Waals surface area contributed by atoms with Crippen LogP contribution in [0.2, 0.25) is 0 Å². The Labute approximate surface area is 199 Å². The molecule has 0 radical (unpaired) electrons. The molecule has 0 saturated heterocycles. The summed E-state index contributed by atoms with van der Waals surface area (Å²) in [6, 6.07) is 0. The predicted octanol–water partition coefficient (Wildman–Crippen LogP) is -2.41. The van der Waals surface area contributed by atoms with E-state index in [1.807, 2.05) is 0 Å². The minimum atomic E-state index is -6.07. The van der Waals surface area contributed by atoms with Gasteiger partial charge in [-0.05, 0) is 0 Å². The molecule has 0 aromatic rings. The van der Waals surface area contributed by atoms with E-state index in [0.29, 0.717) is 0 Å². The van der Waals surface area contributed by atoms with E-state index in [1.165, 1.54) is 0 Å². The molecule has 0 aromatic carbocycles. The summed E-state index contributed by atoms with van der Waals surface area (Å²) in [5.74, 6) is 0. The van der Waals surface area contributed by atoms with Gasteiger partial charge in [0.1, 0.15) is 0 Å². The Morgan fingerprint density at radius 1 is 0.417 bits per heavy atom. The Balaban J connectivity index is -0.000000667. The first-order chi connectivity index (χ1) is 8.83. The second kappa shape index (κ2) is 12.4. The van der Waals surface area contributed by atoms with Gasteiger partial charge < -0.3 is 34.3 Å². The van der Waals surface area contributed by atoms with Crippen molar-refractivity contribution in [2.24, 2.45) is 0 Å². The first kappa shape index (κ1) is 35.2. The fraction of sp³-hybridized carbons (Fsp3) is 0. The third kappa shape index (κ3) is 20.4. The van der Waals surface area contributed by atoms with Crippen molar-refractivity contribution in [3.05, 3.63) is 0 Å². The van der Waals surface area contributed by atoms with Crippen molar-refractivity contribution in [3.8, 4) is 0 Å². The Hall–Kier alpha value is 3.71. The molecular formula is H10Na3O16P5. The van der Waals surface area contributed by atoms with Crippen molar-refractivity contribution in [1.82, 2.24) is 0 Å². The molecule has 0 bridgehead atoms. The van der Waals surface area contributed by atoms with Gasteiger partial charge in [0.2, 0.25) is 0 Å². The Morgan fingerprint density at radius 3 is 0.750 bits per heavy atom. The van der Waals surface area contributed by atoms with Crippen LogP contribution in [0.3, 0.4) is 0 Å². The van der Waals surface area contributed by atoms with E-state index in [4.69, 9.17) is 34.3 Å². The van der Waals surface area contributed by atoms with Crippen molar-refractivity contribution in [2.75, 3.05) is 0 Å². The molecule has 24 heavy (non-hydrogen) atoms. The third-order valence-electron chi connectivity index (χ3n) is 0.832. The molecule has 24 heteroatoms. The molecule has 134 valence electrons. The quantitative estimate of drug-likeness (QED) is 0.138. The van der Waals surface area contributed by atoms with Gasteiger partial charge in [-0.2, -0.15) is 17.2 Å². The monoisotopic (exact) mass is 490 g/mol. The molecule has 0 aliphatic heterocycles. The molecule has 0 rings (SSSR count). The van der Waals surface area contributed by atoms with E-state index >= 15 is 0 Å². The van der Waals surface area contributed by atoms with Gasteiger partial charge in [-0.25, -0.2) is 22.8 Å². The average Bonchev–Trinajstić information content (AvgIpc) is 1.83. The average molecular weight is 490 g/mol. The fourth-order valence-corrected chi connectivity index (χ4v) is 5.97. The number of hydrogen-bond acceptors (Lipinski definition) is 9. The van der Waals surface area contributed by atoms with Gasteiger partial charge in [-0.3, -0.25) is 0 Å². The van der Waals surface area contributed by atoms with Crippen molar-refractivity contribution >= 4 is 128 Å². The van der Waals surface area contributed by atoms with Crippen LogP contribution in [0, 0.1) is 0 Å². The first-order valence-electron chi connectivity index (χ1n) is 3.77. The van der Waals surface area contributed by atoms with E-state index in [0.717, 1.165) is 0 Å². The molecule has 0 heterocycles. The third-order valence-corrected chi connectivity index (χ3v) is 7.49. The summed E-state index contributed by atoms with van der Waals surface area (Å²) in [6.45, 7) is 0. The summed E-state index contributed by atoms with van der Waals surface area (Å²) in [5, 5.41) is 0. The van der Waals surface area contributed by atoms with Crippen LogP contribution in [0.5, 0.6) is 0 Å². The Bertz CT molecular complexity index is 559. The van der Waals surface area contributed by atoms with Crippen LogP contribution >= 0.6 is 39.1 Å². The molecule has 7 N–H and O–H groups in total. The Morgan fingerprint density at radius 2 is 0.583 bits per heavy atom. The van der Waals surface area contributed by atoms with Crippen LogP contribution in [0.15, 0.2) is 0 Å². The predicted molar refractivity (Wildman–Crippen MR) is 79.4 cm³/mol. The van der Waals surface area contributed by atoms with Crippen molar-refractivity contribution in [3.63, 3.8) is 0 Å². The summed E-state index contributed by atoms with van der Waals surface area (Å²) in [6.07, 6.45) is 0. The maximum atomic E-state index is 11.0. The molecule has 0 amide bonds. The Kier molecular flexibility index (Phi) is 18.2. The summed E-state index contributed by atoms with van der Waals surface area (Å²) >= 11 is 0. The van der Waals surface area contributed by atoms with Gasteiger partial charge in [-0.1, -0.05) is 0 Å². The van der Waals surface area contributed by atoms with Gasteiger partial charge in [0, 0.05) is 0 Å². The van der Waals surface area contributed by atoms with Crippen molar-refractivity contribution in [2.45, 2.75) is 0 Å². The second-order valence-electron chi connectivity index (χ2n) is 2.71. The van der Waals surface area contributed by atoms with Gasteiger partial charge >= 0.3 is 128 Å². The molecule has 0 aliphatic rings. The SMILES string of the molecule is O=P(O)(O)OP(=O)(O)OP(=O)(O)OP(=O)(O)OP(=O)(O)O.[NaH].[NaH].[NaH]. The van der Waals surface area contributed by atoms with Crippen molar-refractivity contribution in [1.29, 1.82) is 0 Å². The summed E-state index contributed by atoms with van der Waals surface area (Å²) < 4.78 is 65.6. The van der Waals surface area contributed by atoms with Crippen LogP contribution in [-0.2, 0) is 40.1 Å². The van der Waals surface area contributed by atoms with E-state index in [2.05, 4.69) is 17.2 Å². The normalized spacial score (nSPS) is 19.3. The van der Waals surface area contributed by atoms with E-state index < -0.39 is 39.1 Å². The van der Waals surface area contributed by atoms with Crippen LogP contribution < -0.4 is 0 Å². The van der Waals surface area contributed by atoms with E-state index in [-0.39, 0.29) is 88.7 Å². The van der Waals surface area contributed by atoms with Gasteiger partial charge in [-0.15, -0.1) is 0 Å². The zero-order chi connectivity index (χ0) is 17.3. The van der Waals surface area contributed by atoms with E-state index in [1.54, 1.807) is 0 Å². The number of rotatable bonds is 8. The molecule has 0 aliphatic carbocycles. The van der Waals surface area contributed by atoms with Gasteiger partial charge in [0.15, 0.2) is 0 Å². The standard InChI is InChI=1S/3Na.H7O16P5.3H/c;;;1-17(2,3)13-19(7,8)15-21(11,12)16-20(9,10)14-18(4,5)6;;;/h;;;(H,7,8)(H,9,10)(H,11,12)(H2,1,2,3)(H2,4,5,6);;;. The first-order valence-corrected chi connectivity index (χ1v) is 11.3. The molecule has 0 aromatic heterocycles.